The van der Waals surface area contributed by atoms with Gasteiger partial charge in [0, 0.05) is 28.3 Å². The van der Waals surface area contributed by atoms with E-state index in [-0.39, 0.29) is 18.6 Å². The minimum atomic E-state index is -0.0473. The molecule has 0 aromatic heterocycles. The summed E-state index contributed by atoms with van der Waals surface area (Å²) >= 11 is 3.35. The molecule has 0 bridgehead atoms. The molecule has 1 aromatic carbocycles. The second kappa shape index (κ2) is 6.39. The lowest BCUT2D eigenvalue weighted by atomic mass is 10.1. The number of benzene rings is 1. The molecule has 1 aliphatic rings. The van der Waals surface area contributed by atoms with Crippen LogP contribution in [-0.2, 0) is 0 Å². The Labute approximate surface area is 121 Å². The van der Waals surface area contributed by atoms with Crippen molar-refractivity contribution in [2.45, 2.75) is 31.7 Å². The molecule has 4 nitrogen and oxygen atoms in total. The fraction of sp³-hybridized carbons (Fsp3) is 0.500. The highest BCUT2D eigenvalue weighted by atomic mass is 79.9. The van der Waals surface area contributed by atoms with Crippen LogP contribution in [0, 0.1) is 0 Å². The molecule has 0 radical (unpaired) electrons. The second-order valence-electron chi connectivity index (χ2n) is 4.93. The van der Waals surface area contributed by atoms with Crippen LogP contribution < -0.4 is 5.73 Å². The third kappa shape index (κ3) is 3.48. The fourth-order valence-corrected chi connectivity index (χ4v) is 3.19. The molecule has 0 spiro atoms. The highest BCUT2D eigenvalue weighted by Gasteiger charge is 2.27. The highest BCUT2D eigenvalue weighted by Crippen LogP contribution is 2.26. The van der Waals surface area contributed by atoms with Gasteiger partial charge in [-0.05, 0) is 31.0 Å². The van der Waals surface area contributed by atoms with Gasteiger partial charge >= 0.3 is 0 Å². The Balaban J connectivity index is 2.22. The van der Waals surface area contributed by atoms with Crippen molar-refractivity contribution in [2.24, 2.45) is 0 Å². The number of hydrogen-bond donors (Lipinski definition) is 2. The predicted molar refractivity (Wildman–Crippen MR) is 78.9 cm³/mol. The van der Waals surface area contributed by atoms with E-state index in [1.165, 1.54) is 0 Å². The van der Waals surface area contributed by atoms with Crippen molar-refractivity contribution >= 4 is 27.5 Å². The molecule has 0 heterocycles. The van der Waals surface area contributed by atoms with Gasteiger partial charge < -0.3 is 15.7 Å². The first-order valence-corrected chi connectivity index (χ1v) is 7.39. The average Bonchev–Trinajstić information content (AvgIpc) is 2.87. The number of aliphatic hydroxyl groups excluding tert-OH is 1. The maximum atomic E-state index is 12.6. The summed E-state index contributed by atoms with van der Waals surface area (Å²) in [5, 5.41) is 9.17. The molecule has 104 valence electrons. The predicted octanol–water partition coefficient (Wildman–Crippen LogP) is 2.41. The van der Waals surface area contributed by atoms with E-state index >= 15 is 0 Å². The first kappa shape index (κ1) is 14.3. The number of nitrogens with two attached hydrogens (primary N) is 1. The van der Waals surface area contributed by atoms with Gasteiger partial charge in [0.15, 0.2) is 0 Å². The molecular weight excluding hydrogens is 308 g/mol. The number of rotatable bonds is 4. The molecule has 2 rings (SSSR count). The molecule has 1 fully saturated rings. The van der Waals surface area contributed by atoms with Gasteiger partial charge in [-0.3, -0.25) is 4.79 Å². The molecule has 0 unspecified atom stereocenters. The molecule has 0 atom stereocenters. The van der Waals surface area contributed by atoms with Crippen molar-refractivity contribution in [1.82, 2.24) is 4.90 Å². The van der Waals surface area contributed by atoms with Crippen molar-refractivity contribution in [3.63, 3.8) is 0 Å². The first-order valence-electron chi connectivity index (χ1n) is 6.59. The SMILES string of the molecule is Nc1cc(Br)cc(C(=O)N(CCO)C2CCCC2)c1. The number of amides is 1. The average molecular weight is 327 g/mol. The zero-order valence-electron chi connectivity index (χ0n) is 10.8. The summed E-state index contributed by atoms with van der Waals surface area (Å²) in [6.07, 6.45) is 4.35. The maximum Gasteiger partial charge on any atom is 0.254 e. The van der Waals surface area contributed by atoms with E-state index in [0.717, 1.165) is 30.2 Å². The summed E-state index contributed by atoms with van der Waals surface area (Å²) < 4.78 is 0.797. The van der Waals surface area contributed by atoms with E-state index < -0.39 is 0 Å². The molecular formula is C14H19BrN2O2. The third-order valence-corrected chi connectivity index (χ3v) is 3.99. The summed E-state index contributed by atoms with van der Waals surface area (Å²) in [6.45, 7) is 0.377. The lowest BCUT2D eigenvalue weighted by Crippen LogP contribution is -2.40. The van der Waals surface area contributed by atoms with Crippen LogP contribution in [0.4, 0.5) is 5.69 Å². The molecule has 1 amide bonds. The Kier molecular flexibility index (Phi) is 4.82. The molecule has 1 aliphatic carbocycles. The van der Waals surface area contributed by atoms with Crippen LogP contribution in [-0.4, -0.2) is 35.1 Å². The van der Waals surface area contributed by atoms with E-state index in [1.807, 2.05) is 0 Å². The van der Waals surface area contributed by atoms with Crippen LogP contribution >= 0.6 is 15.9 Å². The summed E-state index contributed by atoms with van der Waals surface area (Å²) in [4.78, 5) is 14.4. The minimum Gasteiger partial charge on any atom is -0.399 e. The van der Waals surface area contributed by atoms with E-state index in [9.17, 15) is 9.90 Å². The second-order valence-corrected chi connectivity index (χ2v) is 5.85. The van der Waals surface area contributed by atoms with Gasteiger partial charge in [-0.25, -0.2) is 0 Å². The number of carbonyl (C=O) groups is 1. The monoisotopic (exact) mass is 326 g/mol. The van der Waals surface area contributed by atoms with Gasteiger partial charge in [0.05, 0.1) is 6.61 Å². The smallest absolute Gasteiger partial charge is 0.254 e. The lowest BCUT2D eigenvalue weighted by Gasteiger charge is -2.28. The van der Waals surface area contributed by atoms with Crippen molar-refractivity contribution < 1.29 is 9.90 Å². The zero-order valence-corrected chi connectivity index (χ0v) is 12.4. The van der Waals surface area contributed by atoms with Crippen LogP contribution in [0.15, 0.2) is 22.7 Å². The van der Waals surface area contributed by atoms with Crippen molar-refractivity contribution in [3.8, 4) is 0 Å². The summed E-state index contributed by atoms with van der Waals surface area (Å²) in [7, 11) is 0. The van der Waals surface area contributed by atoms with Crippen molar-refractivity contribution in [1.29, 1.82) is 0 Å². The number of nitrogens with zero attached hydrogens (tertiary/aromatic N) is 1. The van der Waals surface area contributed by atoms with Gasteiger partial charge in [0.25, 0.3) is 5.91 Å². The Morgan fingerprint density at radius 2 is 2.05 bits per heavy atom. The Morgan fingerprint density at radius 1 is 1.37 bits per heavy atom. The quantitative estimate of drug-likeness (QED) is 0.835. The molecule has 5 heteroatoms. The zero-order chi connectivity index (χ0) is 13.8. The van der Waals surface area contributed by atoms with Gasteiger partial charge in [-0.15, -0.1) is 0 Å². The molecule has 0 aliphatic heterocycles. The van der Waals surface area contributed by atoms with Crippen molar-refractivity contribution in [3.05, 3.63) is 28.2 Å². The topological polar surface area (TPSA) is 66.6 Å². The summed E-state index contributed by atoms with van der Waals surface area (Å²) in [5.74, 6) is -0.0473. The Morgan fingerprint density at radius 3 is 2.63 bits per heavy atom. The largest absolute Gasteiger partial charge is 0.399 e. The number of aliphatic hydroxyl groups is 1. The van der Waals surface area contributed by atoms with Crippen LogP contribution in [0.2, 0.25) is 0 Å². The highest BCUT2D eigenvalue weighted by molar-refractivity contribution is 9.10. The van der Waals surface area contributed by atoms with Crippen LogP contribution in [0.25, 0.3) is 0 Å². The van der Waals surface area contributed by atoms with E-state index in [2.05, 4.69) is 15.9 Å². The third-order valence-electron chi connectivity index (χ3n) is 3.53. The van der Waals surface area contributed by atoms with Crippen LogP contribution in [0.5, 0.6) is 0 Å². The van der Waals surface area contributed by atoms with Crippen LogP contribution in [0.3, 0.4) is 0 Å². The Hall–Kier alpha value is -1.07. The molecule has 0 saturated heterocycles. The number of anilines is 1. The number of halogens is 1. The number of carbonyl (C=O) groups excluding carboxylic acids is 1. The van der Waals surface area contributed by atoms with Crippen molar-refractivity contribution in [2.75, 3.05) is 18.9 Å². The van der Waals surface area contributed by atoms with Crippen LogP contribution in [0.1, 0.15) is 36.0 Å². The normalized spacial score (nSPS) is 15.7. The first-order chi connectivity index (χ1) is 9.11. The lowest BCUT2D eigenvalue weighted by molar-refractivity contribution is 0.0638. The summed E-state index contributed by atoms with van der Waals surface area (Å²) in [6, 6.07) is 5.48. The fourth-order valence-electron chi connectivity index (χ4n) is 2.68. The maximum absolute atomic E-state index is 12.6. The van der Waals surface area contributed by atoms with E-state index in [4.69, 9.17) is 5.73 Å². The Bertz CT molecular complexity index is 439. The van der Waals surface area contributed by atoms with Gasteiger partial charge in [-0.1, -0.05) is 28.8 Å². The van der Waals surface area contributed by atoms with Gasteiger partial charge in [-0.2, -0.15) is 0 Å². The van der Waals surface area contributed by atoms with E-state index in [1.54, 1.807) is 23.1 Å². The molecule has 1 saturated carbocycles. The van der Waals surface area contributed by atoms with Gasteiger partial charge in [0.1, 0.15) is 0 Å². The van der Waals surface area contributed by atoms with E-state index in [0.29, 0.717) is 17.8 Å². The standard InChI is InChI=1S/C14H19BrN2O2/c15-11-7-10(8-12(16)9-11)14(19)17(5-6-18)13-3-1-2-4-13/h7-9,13,18H,1-6,16H2. The number of hydrogen-bond acceptors (Lipinski definition) is 3. The van der Waals surface area contributed by atoms with Gasteiger partial charge in [0.2, 0.25) is 0 Å². The molecule has 1 aromatic rings. The number of nitrogen functional groups attached to an aromatic ring is 1. The molecule has 3 N–H and O–H groups in total. The minimum absolute atomic E-state index is 0.00821. The summed E-state index contributed by atoms with van der Waals surface area (Å²) in [5.41, 5.74) is 6.91. The molecule has 19 heavy (non-hydrogen) atoms.